The van der Waals surface area contributed by atoms with E-state index in [-0.39, 0.29) is 6.10 Å². The molecule has 0 amide bonds. The third kappa shape index (κ3) is 2.68. The summed E-state index contributed by atoms with van der Waals surface area (Å²) in [6, 6.07) is 2.07. The maximum atomic E-state index is 10.6. The van der Waals surface area contributed by atoms with Crippen molar-refractivity contribution >= 4 is 33.3 Å². The van der Waals surface area contributed by atoms with Crippen molar-refractivity contribution in [1.82, 2.24) is 9.97 Å². The second-order valence-corrected chi connectivity index (χ2v) is 6.68. The van der Waals surface area contributed by atoms with Gasteiger partial charge in [-0.05, 0) is 19.9 Å². The Bertz CT molecular complexity index is 660. The van der Waals surface area contributed by atoms with Gasteiger partial charge in [0.1, 0.15) is 16.2 Å². The highest BCUT2D eigenvalue weighted by molar-refractivity contribution is 7.18. The minimum Gasteiger partial charge on any atom is -0.385 e. The number of hydrogen-bond donors (Lipinski definition) is 3. The number of fused-ring (bicyclic) bond motifs is 1. The van der Waals surface area contributed by atoms with E-state index in [4.69, 9.17) is 4.74 Å². The summed E-state index contributed by atoms with van der Waals surface area (Å²) in [5, 5.41) is 17.8. The first-order valence-electron chi connectivity index (χ1n) is 7.05. The maximum Gasteiger partial charge on any atom is 0.225 e. The average Bonchev–Trinajstić information content (AvgIpc) is 2.99. The molecule has 21 heavy (non-hydrogen) atoms. The second kappa shape index (κ2) is 5.40. The number of aryl methyl sites for hydroxylation is 1. The summed E-state index contributed by atoms with van der Waals surface area (Å²) in [5.41, 5.74) is -0.845. The number of hydrogen-bond acceptors (Lipinski definition) is 7. The minimum atomic E-state index is -0.845. The van der Waals surface area contributed by atoms with Crippen molar-refractivity contribution in [2.75, 3.05) is 30.8 Å². The van der Waals surface area contributed by atoms with Crippen LogP contribution in [0.2, 0.25) is 0 Å². The second-order valence-electron chi connectivity index (χ2n) is 5.44. The molecule has 3 heterocycles. The van der Waals surface area contributed by atoms with E-state index in [9.17, 15) is 5.11 Å². The monoisotopic (exact) mass is 308 g/mol. The van der Waals surface area contributed by atoms with Crippen molar-refractivity contribution in [2.45, 2.75) is 32.0 Å². The highest BCUT2D eigenvalue weighted by atomic mass is 32.1. The van der Waals surface area contributed by atoms with Crippen LogP contribution in [0.15, 0.2) is 6.07 Å². The molecule has 2 atom stereocenters. The van der Waals surface area contributed by atoms with Gasteiger partial charge in [-0.15, -0.1) is 11.3 Å². The Labute approximate surface area is 127 Å². The molecule has 1 aliphatic rings. The molecule has 0 saturated carbocycles. The topological polar surface area (TPSA) is 79.3 Å². The molecule has 2 unspecified atom stereocenters. The van der Waals surface area contributed by atoms with Gasteiger partial charge in [0.25, 0.3) is 0 Å². The Morgan fingerprint density at radius 1 is 1.52 bits per heavy atom. The quantitative estimate of drug-likeness (QED) is 0.801. The van der Waals surface area contributed by atoms with Crippen molar-refractivity contribution in [3.8, 4) is 0 Å². The van der Waals surface area contributed by atoms with Crippen LogP contribution in [0.4, 0.5) is 11.8 Å². The standard InChI is InChI=1S/C14H20N4O2S/c1-8-6-10-11(17-13(15-3)18-12(10)21-8)16-7-14(19)4-5-20-9(14)2/h6,9,19H,4-5,7H2,1-3H3,(H2,15,16,17,18). The molecule has 3 rings (SSSR count). The third-order valence-electron chi connectivity index (χ3n) is 3.96. The molecular weight excluding hydrogens is 288 g/mol. The number of rotatable bonds is 4. The molecule has 2 aromatic heterocycles. The van der Waals surface area contributed by atoms with Crippen LogP contribution in [0.3, 0.4) is 0 Å². The van der Waals surface area contributed by atoms with Crippen molar-refractivity contribution < 1.29 is 9.84 Å². The number of aliphatic hydroxyl groups is 1. The predicted molar refractivity (Wildman–Crippen MR) is 85.2 cm³/mol. The lowest BCUT2D eigenvalue weighted by molar-refractivity contribution is -0.0176. The van der Waals surface area contributed by atoms with E-state index in [2.05, 4.69) is 33.6 Å². The molecule has 1 aliphatic heterocycles. The van der Waals surface area contributed by atoms with Gasteiger partial charge in [-0.25, -0.2) is 4.98 Å². The van der Waals surface area contributed by atoms with E-state index in [0.29, 0.717) is 25.5 Å². The highest BCUT2D eigenvalue weighted by Crippen LogP contribution is 2.31. The largest absolute Gasteiger partial charge is 0.385 e. The molecule has 114 valence electrons. The van der Waals surface area contributed by atoms with Crippen LogP contribution < -0.4 is 10.6 Å². The first-order chi connectivity index (χ1) is 10.0. The molecule has 1 saturated heterocycles. The van der Waals surface area contributed by atoms with E-state index in [1.165, 1.54) is 4.88 Å². The van der Waals surface area contributed by atoms with Gasteiger partial charge >= 0.3 is 0 Å². The Morgan fingerprint density at radius 3 is 3.00 bits per heavy atom. The summed E-state index contributed by atoms with van der Waals surface area (Å²) in [4.78, 5) is 11.1. The molecule has 0 spiro atoms. The van der Waals surface area contributed by atoms with Gasteiger partial charge in [-0.2, -0.15) is 4.98 Å². The van der Waals surface area contributed by atoms with Crippen LogP contribution in [0, 0.1) is 6.92 Å². The van der Waals surface area contributed by atoms with E-state index in [1.54, 1.807) is 18.4 Å². The molecule has 3 N–H and O–H groups in total. The van der Waals surface area contributed by atoms with E-state index < -0.39 is 5.60 Å². The first kappa shape index (κ1) is 14.5. The molecule has 6 nitrogen and oxygen atoms in total. The summed E-state index contributed by atoms with van der Waals surface area (Å²) >= 11 is 1.64. The Balaban J connectivity index is 1.89. The van der Waals surface area contributed by atoms with Gasteiger partial charge in [0.2, 0.25) is 5.95 Å². The Hall–Kier alpha value is -1.44. The van der Waals surface area contributed by atoms with Crippen molar-refractivity contribution in [3.63, 3.8) is 0 Å². The summed E-state index contributed by atoms with van der Waals surface area (Å²) in [5.74, 6) is 1.33. The van der Waals surface area contributed by atoms with Crippen LogP contribution in [-0.4, -0.2) is 47.0 Å². The fourth-order valence-electron chi connectivity index (χ4n) is 2.53. The van der Waals surface area contributed by atoms with Crippen molar-refractivity contribution in [2.24, 2.45) is 0 Å². The molecule has 0 bridgehead atoms. The molecule has 0 aromatic carbocycles. The number of thiophene rings is 1. The lowest BCUT2D eigenvalue weighted by Crippen LogP contribution is -2.43. The number of ether oxygens (including phenoxy) is 1. The zero-order chi connectivity index (χ0) is 15.0. The summed E-state index contributed by atoms with van der Waals surface area (Å²) in [6.45, 7) is 4.96. The normalized spacial score (nSPS) is 25.4. The fourth-order valence-corrected chi connectivity index (χ4v) is 3.41. The summed E-state index contributed by atoms with van der Waals surface area (Å²) in [6.07, 6.45) is 0.465. The van der Waals surface area contributed by atoms with Crippen LogP contribution in [0.5, 0.6) is 0 Å². The van der Waals surface area contributed by atoms with Gasteiger partial charge in [0.05, 0.1) is 11.5 Å². The lowest BCUT2D eigenvalue weighted by Gasteiger charge is -2.26. The number of aromatic nitrogens is 2. The third-order valence-corrected chi connectivity index (χ3v) is 4.91. The highest BCUT2D eigenvalue weighted by Gasteiger charge is 2.39. The van der Waals surface area contributed by atoms with Crippen LogP contribution in [0.25, 0.3) is 10.2 Å². The Morgan fingerprint density at radius 2 is 2.33 bits per heavy atom. The van der Waals surface area contributed by atoms with E-state index >= 15 is 0 Å². The van der Waals surface area contributed by atoms with Crippen LogP contribution in [-0.2, 0) is 4.74 Å². The van der Waals surface area contributed by atoms with Gasteiger partial charge < -0.3 is 20.5 Å². The fraction of sp³-hybridized carbons (Fsp3) is 0.571. The zero-order valence-electron chi connectivity index (χ0n) is 12.4. The molecule has 7 heteroatoms. The Kier molecular flexibility index (Phi) is 3.73. The van der Waals surface area contributed by atoms with E-state index in [1.807, 2.05) is 6.92 Å². The van der Waals surface area contributed by atoms with Crippen LogP contribution >= 0.6 is 11.3 Å². The van der Waals surface area contributed by atoms with Gasteiger partial charge in [0, 0.05) is 31.5 Å². The molecule has 2 aromatic rings. The SMILES string of the molecule is CNc1nc(NCC2(O)CCOC2C)c2cc(C)sc2n1. The van der Waals surface area contributed by atoms with Gasteiger partial charge in [-0.1, -0.05) is 0 Å². The van der Waals surface area contributed by atoms with Gasteiger partial charge in [-0.3, -0.25) is 0 Å². The summed E-state index contributed by atoms with van der Waals surface area (Å²) in [7, 11) is 1.80. The molecule has 1 fully saturated rings. The summed E-state index contributed by atoms with van der Waals surface area (Å²) < 4.78 is 5.46. The smallest absolute Gasteiger partial charge is 0.225 e. The number of nitrogens with one attached hydrogen (secondary N) is 2. The van der Waals surface area contributed by atoms with Crippen molar-refractivity contribution in [1.29, 1.82) is 0 Å². The molecule has 0 radical (unpaired) electrons. The van der Waals surface area contributed by atoms with Crippen molar-refractivity contribution in [3.05, 3.63) is 10.9 Å². The van der Waals surface area contributed by atoms with E-state index in [0.717, 1.165) is 16.0 Å². The number of nitrogens with zero attached hydrogens (tertiary/aromatic N) is 2. The molecular formula is C14H20N4O2S. The minimum absolute atomic E-state index is 0.171. The average molecular weight is 308 g/mol. The number of anilines is 2. The predicted octanol–water partition coefficient (Wildman–Crippen LogP) is 1.99. The first-order valence-corrected chi connectivity index (χ1v) is 7.87. The molecule has 0 aliphatic carbocycles. The lowest BCUT2D eigenvalue weighted by atomic mass is 9.97. The zero-order valence-corrected chi connectivity index (χ0v) is 13.3. The maximum absolute atomic E-state index is 10.6. The van der Waals surface area contributed by atoms with Crippen LogP contribution in [0.1, 0.15) is 18.2 Å². The van der Waals surface area contributed by atoms with Gasteiger partial charge in [0.15, 0.2) is 0 Å².